The summed E-state index contributed by atoms with van der Waals surface area (Å²) in [4.78, 5) is 9.58. The maximum atomic E-state index is 9.58. The van der Waals surface area contributed by atoms with E-state index in [1.165, 1.54) is 0 Å². The molecule has 0 aliphatic heterocycles. The number of carbonyl (C=O) groups excluding carboxylic acids is 1. The molecule has 0 rings (SSSR count). The van der Waals surface area contributed by atoms with Crippen LogP contribution < -0.4 is 0 Å². The van der Waals surface area contributed by atoms with Crippen molar-refractivity contribution in [3.63, 3.8) is 0 Å². The lowest BCUT2D eigenvalue weighted by molar-refractivity contribution is -0.121. The molecule has 5 nitrogen and oxygen atoms in total. The number of hydrogen-bond acceptors (Lipinski definition) is 4. The van der Waals surface area contributed by atoms with Gasteiger partial charge in [0.15, 0.2) is 6.29 Å². The summed E-state index contributed by atoms with van der Waals surface area (Å²) in [5.74, 6) is 0. The molecular formula is C4H10O5. The third kappa shape index (κ3) is 4.04. The molecular weight excluding hydrogens is 128 g/mol. The summed E-state index contributed by atoms with van der Waals surface area (Å²) in [6.07, 6.45) is -2.63. The summed E-state index contributed by atoms with van der Waals surface area (Å²) in [6.45, 7) is -0.597. The van der Waals surface area contributed by atoms with E-state index >= 15 is 0 Å². The molecule has 0 radical (unpaired) electrons. The van der Waals surface area contributed by atoms with Crippen molar-refractivity contribution in [3.8, 4) is 0 Å². The van der Waals surface area contributed by atoms with Crippen LogP contribution in [0.1, 0.15) is 0 Å². The van der Waals surface area contributed by atoms with Gasteiger partial charge in [-0.15, -0.1) is 0 Å². The van der Waals surface area contributed by atoms with Crippen LogP contribution in [0.3, 0.4) is 0 Å². The van der Waals surface area contributed by atoms with E-state index in [1.54, 1.807) is 0 Å². The minimum atomic E-state index is -1.46. The fourth-order valence-electron chi connectivity index (χ4n) is 0.199. The second-order valence-electron chi connectivity index (χ2n) is 1.38. The molecule has 0 aromatic carbocycles. The van der Waals surface area contributed by atoms with E-state index < -0.39 is 18.8 Å². The van der Waals surface area contributed by atoms with Crippen LogP contribution in [0.2, 0.25) is 0 Å². The lowest BCUT2D eigenvalue weighted by atomic mass is 10.2. The average molecular weight is 138 g/mol. The van der Waals surface area contributed by atoms with Crippen LogP contribution >= 0.6 is 0 Å². The van der Waals surface area contributed by atoms with Gasteiger partial charge in [0.05, 0.1) is 6.61 Å². The van der Waals surface area contributed by atoms with E-state index in [-0.39, 0.29) is 11.8 Å². The van der Waals surface area contributed by atoms with Crippen molar-refractivity contribution in [2.75, 3.05) is 6.61 Å². The third-order valence-electron chi connectivity index (χ3n) is 0.721. The highest BCUT2D eigenvalue weighted by molar-refractivity contribution is 5.56. The molecule has 0 aromatic rings. The molecule has 0 saturated carbocycles. The highest BCUT2D eigenvalue weighted by Crippen LogP contribution is 1.85. The van der Waals surface area contributed by atoms with E-state index in [2.05, 4.69) is 0 Å². The summed E-state index contributed by atoms with van der Waals surface area (Å²) < 4.78 is 0. The second kappa shape index (κ2) is 5.64. The molecule has 2 atom stereocenters. The Morgan fingerprint density at radius 1 is 1.44 bits per heavy atom. The first kappa shape index (κ1) is 11.3. The lowest BCUT2D eigenvalue weighted by Crippen LogP contribution is -2.30. The van der Waals surface area contributed by atoms with Crippen molar-refractivity contribution >= 4 is 6.29 Å². The Labute approximate surface area is 51.9 Å². The largest absolute Gasteiger partial charge is 0.412 e. The van der Waals surface area contributed by atoms with Gasteiger partial charge in [0, 0.05) is 0 Å². The van der Waals surface area contributed by atoms with Gasteiger partial charge in [-0.1, -0.05) is 0 Å². The predicted octanol–water partition coefficient (Wildman–Crippen LogP) is -2.93. The highest BCUT2D eigenvalue weighted by Gasteiger charge is 2.12. The molecule has 5 N–H and O–H groups in total. The lowest BCUT2D eigenvalue weighted by Gasteiger charge is -2.06. The molecule has 0 aliphatic rings. The predicted molar refractivity (Wildman–Crippen MR) is 28.8 cm³/mol. The Kier molecular flexibility index (Phi) is 7.10. The van der Waals surface area contributed by atoms with E-state index in [9.17, 15) is 4.79 Å². The van der Waals surface area contributed by atoms with Crippen LogP contribution in [-0.4, -0.2) is 45.9 Å². The Morgan fingerprint density at radius 2 is 1.89 bits per heavy atom. The standard InChI is InChI=1S/C4H8O4.H2O/c5-1-3(7)4(8)2-6;/h1,3-4,6-8H,2H2;1H2/t3-,4+;/m0./s1. The fourth-order valence-corrected chi connectivity index (χ4v) is 0.199. The zero-order chi connectivity index (χ0) is 6.57. The van der Waals surface area contributed by atoms with Gasteiger partial charge in [-0.25, -0.2) is 0 Å². The first-order valence-corrected chi connectivity index (χ1v) is 2.14. The number of aliphatic hydroxyl groups is 3. The Balaban J connectivity index is 0. The van der Waals surface area contributed by atoms with Crippen LogP contribution in [0, 0.1) is 0 Å². The van der Waals surface area contributed by atoms with Crippen LogP contribution in [-0.2, 0) is 4.79 Å². The molecule has 56 valence electrons. The average Bonchev–Trinajstić information content (AvgIpc) is 1.84. The monoisotopic (exact) mass is 138 g/mol. The minimum absolute atomic E-state index is 0. The van der Waals surface area contributed by atoms with Gasteiger partial charge in [0.25, 0.3) is 0 Å². The molecule has 0 fully saturated rings. The van der Waals surface area contributed by atoms with Gasteiger partial charge in [-0.05, 0) is 0 Å². The molecule has 9 heavy (non-hydrogen) atoms. The molecule has 0 spiro atoms. The zero-order valence-electron chi connectivity index (χ0n) is 4.69. The maximum absolute atomic E-state index is 9.58. The van der Waals surface area contributed by atoms with Crippen LogP contribution in [0.25, 0.3) is 0 Å². The normalized spacial score (nSPS) is 15.4. The number of hydrogen-bond donors (Lipinski definition) is 3. The Hall–Kier alpha value is -0.490. The van der Waals surface area contributed by atoms with Crippen molar-refractivity contribution in [1.29, 1.82) is 0 Å². The van der Waals surface area contributed by atoms with Gasteiger partial charge in [0.1, 0.15) is 12.2 Å². The summed E-state index contributed by atoms with van der Waals surface area (Å²) in [5, 5.41) is 24.8. The van der Waals surface area contributed by atoms with Crippen molar-refractivity contribution in [3.05, 3.63) is 0 Å². The van der Waals surface area contributed by atoms with E-state index in [0.717, 1.165) is 0 Å². The molecule has 0 heterocycles. The molecule has 0 aliphatic carbocycles. The third-order valence-corrected chi connectivity index (χ3v) is 0.721. The summed E-state index contributed by atoms with van der Waals surface area (Å²) >= 11 is 0. The molecule has 5 heteroatoms. The van der Waals surface area contributed by atoms with Gasteiger partial charge < -0.3 is 25.6 Å². The molecule has 0 bridgehead atoms. The number of aliphatic hydroxyl groups excluding tert-OH is 3. The topological polar surface area (TPSA) is 109 Å². The number of carbonyl (C=O) groups is 1. The van der Waals surface area contributed by atoms with E-state index in [0.29, 0.717) is 0 Å². The first-order chi connectivity index (χ1) is 3.72. The van der Waals surface area contributed by atoms with Crippen molar-refractivity contribution in [2.45, 2.75) is 12.2 Å². The van der Waals surface area contributed by atoms with Crippen molar-refractivity contribution in [1.82, 2.24) is 0 Å². The van der Waals surface area contributed by atoms with E-state index in [1.807, 2.05) is 0 Å². The molecule has 0 saturated heterocycles. The first-order valence-electron chi connectivity index (χ1n) is 2.14. The summed E-state index contributed by atoms with van der Waals surface area (Å²) in [5.41, 5.74) is 0. The molecule has 0 unspecified atom stereocenters. The van der Waals surface area contributed by atoms with Crippen LogP contribution in [0.4, 0.5) is 0 Å². The van der Waals surface area contributed by atoms with Crippen LogP contribution in [0.5, 0.6) is 0 Å². The van der Waals surface area contributed by atoms with Crippen molar-refractivity contribution in [2.24, 2.45) is 0 Å². The zero-order valence-corrected chi connectivity index (χ0v) is 4.69. The molecule has 0 aromatic heterocycles. The van der Waals surface area contributed by atoms with Crippen molar-refractivity contribution < 1.29 is 25.6 Å². The van der Waals surface area contributed by atoms with Gasteiger partial charge >= 0.3 is 0 Å². The Bertz CT molecular complexity index is 73.4. The maximum Gasteiger partial charge on any atom is 0.151 e. The highest BCUT2D eigenvalue weighted by atomic mass is 16.4. The van der Waals surface area contributed by atoms with Crippen LogP contribution in [0.15, 0.2) is 0 Å². The smallest absolute Gasteiger partial charge is 0.151 e. The summed E-state index contributed by atoms with van der Waals surface area (Å²) in [7, 11) is 0. The Morgan fingerprint density at radius 3 is 2.00 bits per heavy atom. The number of aldehydes is 1. The van der Waals surface area contributed by atoms with E-state index in [4.69, 9.17) is 15.3 Å². The summed E-state index contributed by atoms with van der Waals surface area (Å²) in [6, 6.07) is 0. The van der Waals surface area contributed by atoms with Gasteiger partial charge in [-0.2, -0.15) is 0 Å². The minimum Gasteiger partial charge on any atom is -0.412 e. The quantitative estimate of drug-likeness (QED) is 0.363. The number of rotatable bonds is 3. The van der Waals surface area contributed by atoms with Gasteiger partial charge in [0.2, 0.25) is 0 Å². The SMILES string of the molecule is O.O=C[C@H](O)[C@H](O)CO. The fraction of sp³-hybridized carbons (Fsp3) is 0.750. The second-order valence-corrected chi connectivity index (χ2v) is 1.38. The molecule has 0 amide bonds. The van der Waals surface area contributed by atoms with Gasteiger partial charge in [-0.3, -0.25) is 0 Å².